The van der Waals surface area contributed by atoms with E-state index in [2.05, 4.69) is 12.3 Å². The largest absolute Gasteiger partial charge is 0.197 e. The first-order valence-corrected chi connectivity index (χ1v) is 5.40. The lowest BCUT2D eigenvalue weighted by Gasteiger charge is -1.93. The maximum atomic E-state index is 8.15. The first kappa shape index (κ1) is 9.19. The molecule has 0 bridgehead atoms. The van der Waals surface area contributed by atoms with Gasteiger partial charge in [-0.3, -0.25) is 0 Å². The maximum Gasteiger partial charge on any atom is 0.0808 e. The second-order valence-electron chi connectivity index (χ2n) is 1.56. The predicted molar refractivity (Wildman–Crippen MR) is 45.9 cm³/mol. The van der Waals surface area contributed by atoms with Gasteiger partial charge in [-0.05, 0) is 24.2 Å². The fraction of sp³-hybridized carbons (Fsp3) is 0.833. The first-order chi connectivity index (χ1) is 4.41. The van der Waals surface area contributed by atoms with Crippen molar-refractivity contribution < 1.29 is 0 Å². The summed E-state index contributed by atoms with van der Waals surface area (Å²) in [6, 6.07) is 2.10. The Morgan fingerprint density at radius 2 is 2.22 bits per heavy atom. The van der Waals surface area contributed by atoms with Crippen molar-refractivity contribution in [3.63, 3.8) is 0 Å². The molecule has 52 valence electrons. The van der Waals surface area contributed by atoms with Crippen molar-refractivity contribution in [3.05, 3.63) is 0 Å². The van der Waals surface area contributed by atoms with Crippen molar-refractivity contribution >= 4 is 23.5 Å². The van der Waals surface area contributed by atoms with Crippen LogP contribution in [0.15, 0.2) is 0 Å². The molecular weight excluding hydrogens is 150 g/mol. The smallest absolute Gasteiger partial charge is 0.0808 e. The summed E-state index contributed by atoms with van der Waals surface area (Å²) in [4.78, 5) is 0. The van der Waals surface area contributed by atoms with Gasteiger partial charge >= 0.3 is 0 Å². The number of nitrogens with zero attached hydrogens (tertiary/aromatic N) is 1. The Morgan fingerprint density at radius 1 is 1.44 bits per heavy atom. The molecule has 1 nitrogen and oxygen atoms in total. The molecule has 0 aromatic heterocycles. The standard InChI is InChI=1S/C6H11NS2/c1-8-4-2-5-9-6-3-7/h2,4-6H2,1H3. The monoisotopic (exact) mass is 161 g/mol. The molecule has 0 aliphatic carbocycles. The molecule has 0 saturated heterocycles. The Hall–Kier alpha value is 0.190. The van der Waals surface area contributed by atoms with Gasteiger partial charge in [0.15, 0.2) is 0 Å². The summed E-state index contributed by atoms with van der Waals surface area (Å²) in [5, 5.41) is 8.15. The lowest BCUT2D eigenvalue weighted by atomic mass is 10.6. The third-order valence-corrected chi connectivity index (χ3v) is 2.41. The first-order valence-electron chi connectivity index (χ1n) is 2.85. The van der Waals surface area contributed by atoms with E-state index in [1.807, 2.05) is 11.8 Å². The Bertz CT molecular complexity index is 87.5. The molecule has 0 aliphatic heterocycles. The fourth-order valence-corrected chi connectivity index (χ4v) is 1.62. The number of hydrogen-bond acceptors (Lipinski definition) is 3. The average molecular weight is 161 g/mol. The van der Waals surface area contributed by atoms with Gasteiger partial charge in [-0.25, -0.2) is 0 Å². The zero-order valence-corrected chi connectivity index (χ0v) is 7.23. The summed E-state index contributed by atoms with van der Waals surface area (Å²) in [6.45, 7) is 0. The van der Waals surface area contributed by atoms with E-state index in [-0.39, 0.29) is 0 Å². The van der Waals surface area contributed by atoms with Crippen LogP contribution < -0.4 is 0 Å². The Labute approximate surface area is 65.2 Å². The summed E-state index contributed by atoms with van der Waals surface area (Å²) in [5.74, 6) is 3.00. The predicted octanol–water partition coefficient (Wildman–Crippen LogP) is 2.00. The van der Waals surface area contributed by atoms with Crippen LogP contribution in [0.2, 0.25) is 0 Å². The number of hydrogen-bond donors (Lipinski definition) is 0. The molecule has 0 unspecified atom stereocenters. The van der Waals surface area contributed by atoms with Gasteiger partial charge in [0.1, 0.15) is 0 Å². The van der Waals surface area contributed by atoms with Crippen LogP contribution in [-0.4, -0.2) is 23.5 Å². The van der Waals surface area contributed by atoms with Crippen molar-refractivity contribution in [1.29, 1.82) is 5.26 Å². The van der Waals surface area contributed by atoms with Gasteiger partial charge in [0, 0.05) is 0 Å². The summed E-state index contributed by atoms with van der Waals surface area (Å²) in [7, 11) is 0. The highest BCUT2D eigenvalue weighted by atomic mass is 32.2. The van der Waals surface area contributed by atoms with Gasteiger partial charge < -0.3 is 0 Å². The van der Waals surface area contributed by atoms with E-state index in [1.54, 1.807) is 11.8 Å². The Balaban J connectivity index is 2.69. The molecular formula is C6H11NS2. The zero-order chi connectivity index (χ0) is 6.95. The molecule has 0 radical (unpaired) electrons. The van der Waals surface area contributed by atoms with E-state index in [0.29, 0.717) is 5.75 Å². The van der Waals surface area contributed by atoms with Crippen molar-refractivity contribution in [2.75, 3.05) is 23.5 Å². The lowest BCUT2D eigenvalue weighted by molar-refractivity contribution is 1.13. The van der Waals surface area contributed by atoms with Gasteiger partial charge in [-0.15, -0.1) is 11.8 Å². The number of nitriles is 1. The third kappa shape index (κ3) is 8.19. The average Bonchev–Trinajstić information content (AvgIpc) is 1.89. The summed E-state index contributed by atoms with van der Waals surface area (Å²) in [6.07, 6.45) is 3.34. The third-order valence-electron chi connectivity index (χ3n) is 0.804. The molecule has 0 rings (SSSR count). The minimum absolute atomic E-state index is 0.647. The van der Waals surface area contributed by atoms with Gasteiger partial charge in [-0.1, -0.05) is 0 Å². The van der Waals surface area contributed by atoms with Crippen LogP contribution in [0.25, 0.3) is 0 Å². The fourth-order valence-electron chi connectivity index (χ4n) is 0.423. The van der Waals surface area contributed by atoms with E-state index in [4.69, 9.17) is 5.26 Å². The van der Waals surface area contributed by atoms with Crippen molar-refractivity contribution in [3.8, 4) is 6.07 Å². The zero-order valence-electron chi connectivity index (χ0n) is 5.59. The molecule has 0 heterocycles. The minimum Gasteiger partial charge on any atom is -0.197 e. The SMILES string of the molecule is CSCCCSCC#N. The van der Waals surface area contributed by atoms with Crippen LogP contribution >= 0.6 is 23.5 Å². The highest BCUT2D eigenvalue weighted by Crippen LogP contribution is 2.04. The lowest BCUT2D eigenvalue weighted by Crippen LogP contribution is -1.83. The van der Waals surface area contributed by atoms with E-state index in [0.717, 1.165) is 5.75 Å². The van der Waals surface area contributed by atoms with Crippen molar-refractivity contribution in [1.82, 2.24) is 0 Å². The molecule has 0 amide bonds. The summed E-state index contributed by atoms with van der Waals surface area (Å²) in [5.41, 5.74) is 0. The normalized spacial score (nSPS) is 8.89. The molecule has 0 spiro atoms. The summed E-state index contributed by atoms with van der Waals surface area (Å²) < 4.78 is 0. The van der Waals surface area contributed by atoms with E-state index in [9.17, 15) is 0 Å². The van der Waals surface area contributed by atoms with Gasteiger partial charge in [0.2, 0.25) is 0 Å². The van der Waals surface area contributed by atoms with Crippen LogP contribution in [0.5, 0.6) is 0 Å². The minimum atomic E-state index is 0.647. The quantitative estimate of drug-likeness (QED) is 0.576. The van der Waals surface area contributed by atoms with Gasteiger partial charge in [0.25, 0.3) is 0 Å². The van der Waals surface area contributed by atoms with Crippen LogP contribution in [0.4, 0.5) is 0 Å². The van der Waals surface area contributed by atoms with E-state index in [1.165, 1.54) is 12.2 Å². The highest BCUT2D eigenvalue weighted by Gasteiger charge is 1.85. The number of thioether (sulfide) groups is 2. The second kappa shape index (κ2) is 8.19. The van der Waals surface area contributed by atoms with Crippen LogP contribution in [0.1, 0.15) is 6.42 Å². The maximum absolute atomic E-state index is 8.15. The second-order valence-corrected chi connectivity index (χ2v) is 3.65. The van der Waals surface area contributed by atoms with Gasteiger partial charge in [0.05, 0.1) is 11.8 Å². The molecule has 0 aliphatic rings. The molecule has 0 saturated carbocycles. The molecule has 0 aromatic rings. The number of rotatable bonds is 5. The Kier molecular flexibility index (Phi) is 8.36. The van der Waals surface area contributed by atoms with Crippen LogP contribution in [-0.2, 0) is 0 Å². The highest BCUT2D eigenvalue weighted by molar-refractivity contribution is 8.00. The molecule has 9 heavy (non-hydrogen) atoms. The molecule has 0 N–H and O–H groups in total. The molecule has 0 fully saturated rings. The van der Waals surface area contributed by atoms with Crippen molar-refractivity contribution in [2.24, 2.45) is 0 Å². The Morgan fingerprint density at radius 3 is 2.78 bits per heavy atom. The topological polar surface area (TPSA) is 23.8 Å². The van der Waals surface area contributed by atoms with Gasteiger partial charge in [-0.2, -0.15) is 17.0 Å². The molecule has 3 heteroatoms. The van der Waals surface area contributed by atoms with Crippen LogP contribution in [0.3, 0.4) is 0 Å². The van der Waals surface area contributed by atoms with E-state index < -0.39 is 0 Å². The molecule has 0 aromatic carbocycles. The molecule has 0 atom stereocenters. The van der Waals surface area contributed by atoms with Crippen LogP contribution in [0, 0.1) is 11.3 Å². The summed E-state index contributed by atoms with van der Waals surface area (Å²) >= 11 is 3.58. The van der Waals surface area contributed by atoms with Crippen molar-refractivity contribution in [2.45, 2.75) is 6.42 Å². The van der Waals surface area contributed by atoms with E-state index >= 15 is 0 Å².